The molecule has 0 bridgehead atoms. The maximum atomic E-state index is 10.3. The molecule has 0 saturated heterocycles. The summed E-state index contributed by atoms with van der Waals surface area (Å²) in [5.41, 5.74) is 3.09. The fourth-order valence-corrected chi connectivity index (χ4v) is 2.34. The van der Waals surface area contributed by atoms with Crippen LogP contribution in [0.5, 0.6) is 5.75 Å². The van der Waals surface area contributed by atoms with Gasteiger partial charge in [-0.05, 0) is 48.1 Å². The number of allylic oxidation sites excluding steroid dienone is 1. The Morgan fingerprint density at radius 1 is 1.22 bits per heavy atom. The third-order valence-electron chi connectivity index (χ3n) is 3.73. The summed E-state index contributed by atoms with van der Waals surface area (Å²) < 4.78 is 0. The molecule has 1 aromatic carbocycles. The van der Waals surface area contributed by atoms with Crippen molar-refractivity contribution < 1.29 is 20.4 Å². The van der Waals surface area contributed by atoms with E-state index >= 15 is 0 Å². The van der Waals surface area contributed by atoms with Gasteiger partial charge in [-0.25, -0.2) is 0 Å². The molecule has 0 amide bonds. The minimum absolute atomic E-state index is 0.199. The molecule has 0 saturated carbocycles. The minimum Gasteiger partial charge on any atom is -0.508 e. The van der Waals surface area contributed by atoms with E-state index in [1.807, 2.05) is 18.2 Å². The molecule has 126 valence electrons. The van der Waals surface area contributed by atoms with Gasteiger partial charge in [-0.3, -0.25) is 0 Å². The van der Waals surface area contributed by atoms with Crippen LogP contribution in [0.2, 0.25) is 0 Å². The molecule has 4 N–H and O–H groups in total. The van der Waals surface area contributed by atoms with E-state index in [9.17, 15) is 10.2 Å². The van der Waals surface area contributed by atoms with E-state index in [1.54, 1.807) is 12.1 Å². The number of phenols is 1. The van der Waals surface area contributed by atoms with Gasteiger partial charge in [0.1, 0.15) is 5.75 Å². The van der Waals surface area contributed by atoms with E-state index in [2.05, 4.69) is 13.5 Å². The first-order valence-electron chi connectivity index (χ1n) is 7.78. The van der Waals surface area contributed by atoms with Crippen molar-refractivity contribution in [3.63, 3.8) is 0 Å². The maximum absolute atomic E-state index is 10.3. The molecule has 0 spiro atoms. The molecule has 4 heteroatoms. The minimum atomic E-state index is -0.767. The highest BCUT2D eigenvalue weighted by atomic mass is 16.3. The van der Waals surface area contributed by atoms with Crippen LogP contribution in [0.1, 0.15) is 31.7 Å². The summed E-state index contributed by atoms with van der Waals surface area (Å²) in [6, 6.07) is 6.96. The molecule has 1 rings (SSSR count). The van der Waals surface area contributed by atoms with Crippen molar-refractivity contribution in [3.8, 4) is 5.75 Å². The van der Waals surface area contributed by atoms with Crippen molar-refractivity contribution in [1.82, 2.24) is 0 Å². The summed E-state index contributed by atoms with van der Waals surface area (Å²) >= 11 is 0. The normalized spacial score (nSPS) is 13.9. The second-order valence-corrected chi connectivity index (χ2v) is 5.41. The predicted molar refractivity (Wildman–Crippen MR) is 93.0 cm³/mol. The molecule has 1 unspecified atom stereocenters. The van der Waals surface area contributed by atoms with Crippen molar-refractivity contribution in [3.05, 3.63) is 59.2 Å². The number of hydrogen-bond acceptors (Lipinski definition) is 4. The first kappa shape index (κ1) is 19.2. The van der Waals surface area contributed by atoms with Crippen LogP contribution in [0.3, 0.4) is 0 Å². The lowest BCUT2D eigenvalue weighted by Crippen LogP contribution is -2.14. The smallest absolute Gasteiger partial charge is 0.115 e. The summed E-state index contributed by atoms with van der Waals surface area (Å²) in [4.78, 5) is 0. The second-order valence-electron chi connectivity index (χ2n) is 5.41. The molecule has 1 atom stereocenters. The van der Waals surface area contributed by atoms with E-state index in [4.69, 9.17) is 10.2 Å². The first-order chi connectivity index (χ1) is 11.0. The topological polar surface area (TPSA) is 80.9 Å². The van der Waals surface area contributed by atoms with Gasteiger partial charge in [0.05, 0.1) is 19.3 Å². The van der Waals surface area contributed by atoms with Crippen LogP contribution in [0.4, 0.5) is 0 Å². The van der Waals surface area contributed by atoms with Crippen molar-refractivity contribution in [2.75, 3.05) is 13.2 Å². The molecule has 1 aromatic rings. The summed E-state index contributed by atoms with van der Waals surface area (Å²) in [6.07, 6.45) is 4.80. The van der Waals surface area contributed by atoms with E-state index in [0.29, 0.717) is 24.0 Å². The molecule has 0 fully saturated rings. The zero-order chi connectivity index (χ0) is 17.2. The quantitative estimate of drug-likeness (QED) is 0.528. The summed E-state index contributed by atoms with van der Waals surface area (Å²) in [6.45, 7) is 5.32. The number of aromatic hydroxyl groups is 1. The lowest BCUT2D eigenvalue weighted by molar-refractivity contribution is 0.197. The number of phenolic OH excluding ortho intramolecular Hbond substituents is 1. The van der Waals surface area contributed by atoms with Gasteiger partial charge in [-0.2, -0.15) is 0 Å². The summed E-state index contributed by atoms with van der Waals surface area (Å²) in [7, 11) is 0. The standard InChI is InChI=1S/C19H26O4/c1-3-15(12-16-4-7-17(22)8-5-16)6-9-19(23)18(10-11-20)14(2)13-21/h4-5,7-8,10,12,19-23H,2-3,6,9,11,13H2,1H3/b15-12+,18-10-. The number of rotatable bonds is 9. The van der Waals surface area contributed by atoms with Crippen LogP contribution in [-0.4, -0.2) is 39.7 Å². The molecule has 0 aliphatic rings. The van der Waals surface area contributed by atoms with Gasteiger partial charge in [-0.1, -0.05) is 43.4 Å². The Labute approximate surface area is 137 Å². The Balaban J connectivity index is 2.74. The summed E-state index contributed by atoms with van der Waals surface area (Å²) in [5.74, 6) is 0.233. The Morgan fingerprint density at radius 2 is 1.87 bits per heavy atom. The van der Waals surface area contributed by atoms with Crippen molar-refractivity contribution in [2.24, 2.45) is 0 Å². The molecule has 4 nitrogen and oxygen atoms in total. The lowest BCUT2D eigenvalue weighted by atomic mass is 9.95. The van der Waals surface area contributed by atoms with Crippen LogP contribution in [0.25, 0.3) is 6.08 Å². The third-order valence-corrected chi connectivity index (χ3v) is 3.73. The van der Waals surface area contributed by atoms with Gasteiger partial charge in [0.25, 0.3) is 0 Å². The molecule has 0 aliphatic carbocycles. The number of aliphatic hydroxyl groups excluding tert-OH is 3. The second kappa shape index (κ2) is 10.0. The predicted octanol–water partition coefficient (Wildman–Crippen LogP) is 2.79. The fourth-order valence-electron chi connectivity index (χ4n) is 2.34. The third kappa shape index (κ3) is 6.40. The average molecular weight is 318 g/mol. The monoisotopic (exact) mass is 318 g/mol. The largest absolute Gasteiger partial charge is 0.508 e. The zero-order valence-electron chi connectivity index (χ0n) is 13.6. The molecule has 0 radical (unpaired) electrons. The van der Waals surface area contributed by atoms with Crippen molar-refractivity contribution in [2.45, 2.75) is 32.3 Å². The molecule has 23 heavy (non-hydrogen) atoms. The van der Waals surface area contributed by atoms with Crippen LogP contribution in [0, 0.1) is 0 Å². The number of hydrogen-bond donors (Lipinski definition) is 4. The Bertz CT molecular complexity index is 555. The van der Waals surface area contributed by atoms with Gasteiger partial charge in [-0.15, -0.1) is 0 Å². The van der Waals surface area contributed by atoms with Crippen molar-refractivity contribution >= 4 is 6.08 Å². The fraction of sp³-hybridized carbons (Fsp3) is 0.368. The van der Waals surface area contributed by atoms with Gasteiger partial charge in [0, 0.05) is 0 Å². The molecular formula is C19H26O4. The average Bonchev–Trinajstić information content (AvgIpc) is 2.57. The van der Waals surface area contributed by atoms with Crippen LogP contribution >= 0.6 is 0 Å². The lowest BCUT2D eigenvalue weighted by Gasteiger charge is -2.17. The number of aliphatic hydroxyl groups is 3. The molecule has 0 heterocycles. The van der Waals surface area contributed by atoms with E-state index in [-0.39, 0.29) is 19.0 Å². The Morgan fingerprint density at radius 3 is 2.39 bits per heavy atom. The van der Waals surface area contributed by atoms with Gasteiger partial charge >= 0.3 is 0 Å². The van der Waals surface area contributed by atoms with E-state index in [0.717, 1.165) is 12.0 Å². The molecular weight excluding hydrogens is 292 g/mol. The SMILES string of the molecule is C=C(CO)/C(=C/CO)C(O)CC/C(=C/c1ccc(O)cc1)CC. The van der Waals surface area contributed by atoms with E-state index in [1.165, 1.54) is 11.6 Å². The van der Waals surface area contributed by atoms with E-state index < -0.39 is 6.10 Å². The van der Waals surface area contributed by atoms with Gasteiger partial charge in [0.15, 0.2) is 0 Å². The Hall–Kier alpha value is -1.88. The summed E-state index contributed by atoms with van der Waals surface area (Å²) in [5, 5.41) is 37.8. The highest BCUT2D eigenvalue weighted by molar-refractivity contribution is 5.53. The Kier molecular flexibility index (Phi) is 8.33. The van der Waals surface area contributed by atoms with Gasteiger partial charge in [0.2, 0.25) is 0 Å². The van der Waals surface area contributed by atoms with Crippen LogP contribution in [-0.2, 0) is 0 Å². The molecule has 0 aromatic heterocycles. The highest BCUT2D eigenvalue weighted by Gasteiger charge is 2.13. The van der Waals surface area contributed by atoms with Crippen molar-refractivity contribution in [1.29, 1.82) is 0 Å². The highest BCUT2D eigenvalue weighted by Crippen LogP contribution is 2.22. The van der Waals surface area contributed by atoms with Gasteiger partial charge < -0.3 is 20.4 Å². The number of benzene rings is 1. The van der Waals surface area contributed by atoms with Crippen LogP contribution < -0.4 is 0 Å². The zero-order valence-corrected chi connectivity index (χ0v) is 13.6. The molecule has 0 aliphatic heterocycles. The maximum Gasteiger partial charge on any atom is 0.115 e. The first-order valence-corrected chi connectivity index (χ1v) is 7.78. The van der Waals surface area contributed by atoms with Crippen LogP contribution in [0.15, 0.2) is 53.6 Å².